The zero-order chi connectivity index (χ0) is 19.0. The summed E-state index contributed by atoms with van der Waals surface area (Å²) in [5, 5.41) is 2.18. The molecular weight excluding hydrogens is 372 g/mol. The Morgan fingerprint density at radius 2 is 1.96 bits per heavy atom. The third-order valence-corrected chi connectivity index (χ3v) is 7.24. The summed E-state index contributed by atoms with van der Waals surface area (Å²) in [5.74, 6) is 1.16. The molecule has 6 heteroatoms. The van der Waals surface area contributed by atoms with Gasteiger partial charge in [0.25, 0.3) is 0 Å². The Kier molecular flexibility index (Phi) is 4.87. The number of thiophene rings is 1. The molecule has 1 saturated heterocycles. The average molecular weight is 399 g/mol. The van der Waals surface area contributed by atoms with Crippen molar-refractivity contribution in [2.75, 3.05) is 39.4 Å². The molecule has 28 heavy (non-hydrogen) atoms. The summed E-state index contributed by atoms with van der Waals surface area (Å²) in [5.41, 5.74) is 2.36. The van der Waals surface area contributed by atoms with Crippen LogP contribution in [0.15, 0.2) is 35.7 Å². The van der Waals surface area contributed by atoms with Crippen LogP contribution >= 0.6 is 11.3 Å². The number of nitrogens with zero attached hydrogens (tertiary/aromatic N) is 2. The molecule has 148 valence electrons. The molecule has 0 aliphatic carbocycles. The summed E-state index contributed by atoms with van der Waals surface area (Å²) in [6.07, 6.45) is 2.82. The second-order valence-corrected chi connectivity index (χ2v) is 8.90. The molecule has 3 aliphatic heterocycles. The van der Waals surface area contributed by atoms with Crippen LogP contribution in [0, 0.1) is 0 Å². The second kappa shape index (κ2) is 7.50. The Morgan fingerprint density at radius 1 is 1.11 bits per heavy atom. The van der Waals surface area contributed by atoms with Crippen LogP contribution in [0.2, 0.25) is 0 Å². The van der Waals surface area contributed by atoms with E-state index in [4.69, 9.17) is 9.47 Å². The van der Waals surface area contributed by atoms with Gasteiger partial charge in [0.2, 0.25) is 5.91 Å². The molecule has 0 unspecified atom stereocenters. The number of para-hydroxylation sites is 1. The van der Waals surface area contributed by atoms with Gasteiger partial charge in [-0.25, -0.2) is 0 Å². The largest absolute Gasteiger partial charge is 0.492 e. The monoisotopic (exact) mass is 398 g/mol. The van der Waals surface area contributed by atoms with Crippen LogP contribution < -0.4 is 4.74 Å². The molecule has 0 saturated carbocycles. The highest BCUT2D eigenvalue weighted by molar-refractivity contribution is 7.10. The van der Waals surface area contributed by atoms with Gasteiger partial charge in [0.1, 0.15) is 12.4 Å². The Morgan fingerprint density at radius 3 is 2.86 bits per heavy atom. The van der Waals surface area contributed by atoms with E-state index in [-0.39, 0.29) is 11.5 Å². The van der Waals surface area contributed by atoms with Crippen LogP contribution in [0.3, 0.4) is 0 Å². The number of rotatable bonds is 2. The van der Waals surface area contributed by atoms with Crippen molar-refractivity contribution in [1.82, 2.24) is 9.80 Å². The molecule has 1 amide bonds. The van der Waals surface area contributed by atoms with Gasteiger partial charge in [0.05, 0.1) is 18.8 Å². The maximum Gasteiger partial charge on any atom is 0.236 e. The van der Waals surface area contributed by atoms with E-state index in [2.05, 4.69) is 22.4 Å². The van der Waals surface area contributed by atoms with Crippen molar-refractivity contribution in [2.45, 2.75) is 31.4 Å². The minimum atomic E-state index is -0.167. The van der Waals surface area contributed by atoms with Crippen LogP contribution in [0.4, 0.5) is 0 Å². The number of hydrogen-bond donors (Lipinski definition) is 0. The smallest absolute Gasteiger partial charge is 0.236 e. The van der Waals surface area contributed by atoms with Crippen LogP contribution in [0.1, 0.15) is 28.8 Å². The van der Waals surface area contributed by atoms with Gasteiger partial charge in [-0.3, -0.25) is 9.69 Å². The molecule has 1 aromatic heterocycles. The first-order chi connectivity index (χ1) is 13.7. The van der Waals surface area contributed by atoms with Gasteiger partial charge >= 0.3 is 0 Å². The molecule has 0 N–H and O–H groups in total. The Hall–Kier alpha value is -1.89. The fourth-order valence-corrected chi connectivity index (χ4v) is 5.64. The lowest BCUT2D eigenvalue weighted by Gasteiger charge is -2.44. The van der Waals surface area contributed by atoms with E-state index in [9.17, 15) is 4.79 Å². The van der Waals surface area contributed by atoms with E-state index in [1.54, 1.807) is 0 Å². The van der Waals surface area contributed by atoms with E-state index < -0.39 is 0 Å². The Labute approximate surface area is 169 Å². The number of ether oxygens (including phenoxy) is 2. The number of amides is 1. The van der Waals surface area contributed by atoms with E-state index in [0.29, 0.717) is 13.2 Å². The van der Waals surface area contributed by atoms with Crippen molar-refractivity contribution in [3.8, 4) is 5.75 Å². The lowest BCUT2D eigenvalue weighted by atomic mass is 9.82. The van der Waals surface area contributed by atoms with Crippen molar-refractivity contribution < 1.29 is 14.3 Å². The summed E-state index contributed by atoms with van der Waals surface area (Å²) in [7, 11) is 0. The number of benzene rings is 1. The van der Waals surface area contributed by atoms with E-state index >= 15 is 0 Å². The highest BCUT2D eigenvalue weighted by Crippen LogP contribution is 2.43. The Balaban J connectivity index is 1.21. The van der Waals surface area contributed by atoms with E-state index in [0.717, 1.165) is 63.4 Å². The average Bonchev–Trinajstić information content (AvgIpc) is 3.11. The first-order valence-corrected chi connectivity index (χ1v) is 11.0. The summed E-state index contributed by atoms with van der Waals surface area (Å²) < 4.78 is 12.1. The number of piperidine rings is 1. The van der Waals surface area contributed by atoms with Gasteiger partial charge < -0.3 is 14.4 Å². The molecule has 4 heterocycles. The molecule has 5 rings (SSSR count). The Bertz CT molecular complexity index is 857. The predicted octanol–water partition coefficient (Wildman–Crippen LogP) is 3.03. The van der Waals surface area contributed by atoms with E-state index in [1.165, 1.54) is 10.4 Å². The zero-order valence-electron chi connectivity index (χ0n) is 16.1. The molecular formula is C22H26N2O3S. The predicted molar refractivity (Wildman–Crippen MR) is 109 cm³/mol. The van der Waals surface area contributed by atoms with Crippen LogP contribution in [0.5, 0.6) is 5.75 Å². The van der Waals surface area contributed by atoms with Crippen molar-refractivity contribution in [3.63, 3.8) is 0 Å². The highest BCUT2D eigenvalue weighted by Gasteiger charge is 2.42. The fraction of sp³-hybridized carbons (Fsp3) is 0.500. The van der Waals surface area contributed by atoms with Gasteiger partial charge in [-0.1, -0.05) is 18.2 Å². The van der Waals surface area contributed by atoms with Crippen molar-refractivity contribution >= 4 is 17.2 Å². The van der Waals surface area contributed by atoms with Crippen LogP contribution in [0.25, 0.3) is 0 Å². The minimum absolute atomic E-state index is 0.167. The van der Waals surface area contributed by atoms with E-state index in [1.807, 2.05) is 34.4 Å². The molecule has 0 radical (unpaired) electrons. The summed E-state index contributed by atoms with van der Waals surface area (Å²) in [6.45, 7) is 4.97. The number of likely N-dealkylation sites (tertiary alicyclic amines) is 1. The molecule has 1 aromatic carbocycles. The molecule has 0 atom stereocenters. The molecule has 0 bridgehead atoms. The van der Waals surface area contributed by atoms with Gasteiger partial charge in [-0.15, -0.1) is 11.3 Å². The molecule has 1 spiro atoms. The van der Waals surface area contributed by atoms with Gasteiger partial charge in [-0.2, -0.15) is 0 Å². The first kappa shape index (κ1) is 18.2. The normalized spacial score (nSPS) is 21.5. The van der Waals surface area contributed by atoms with Gasteiger partial charge in [-0.05, 0) is 35.9 Å². The van der Waals surface area contributed by atoms with Crippen LogP contribution in [-0.2, 0) is 28.1 Å². The number of hydrogen-bond acceptors (Lipinski definition) is 5. The summed E-state index contributed by atoms with van der Waals surface area (Å²) in [4.78, 5) is 18.7. The quantitative estimate of drug-likeness (QED) is 0.780. The first-order valence-electron chi connectivity index (χ1n) is 10.2. The third-order valence-electron chi connectivity index (χ3n) is 6.26. The highest BCUT2D eigenvalue weighted by atomic mass is 32.1. The fourth-order valence-electron chi connectivity index (χ4n) is 4.69. The standard InChI is InChI=1S/C22H26N2O3S/c25-21(16-23-11-13-26-19-4-2-1-3-17(19)15-23)24-9-7-22(8-10-24)18-6-14-28-20(18)5-12-27-22/h1-4,6,14H,5,7-13,15-16H2. The second-order valence-electron chi connectivity index (χ2n) is 7.90. The van der Waals surface area contributed by atoms with Crippen molar-refractivity contribution in [2.24, 2.45) is 0 Å². The lowest BCUT2D eigenvalue weighted by Crippen LogP contribution is -2.50. The van der Waals surface area contributed by atoms with Crippen molar-refractivity contribution in [3.05, 3.63) is 51.7 Å². The third kappa shape index (κ3) is 3.34. The number of fused-ring (bicyclic) bond motifs is 3. The SMILES string of the molecule is O=C(CN1CCOc2ccccc2C1)N1CCC2(CC1)OCCc1sccc12. The lowest BCUT2D eigenvalue weighted by molar-refractivity contribution is -0.141. The number of carbonyl (C=O) groups excluding carboxylic acids is 1. The molecule has 5 nitrogen and oxygen atoms in total. The maximum atomic E-state index is 13.0. The topological polar surface area (TPSA) is 42.0 Å². The maximum absolute atomic E-state index is 13.0. The summed E-state index contributed by atoms with van der Waals surface area (Å²) >= 11 is 1.84. The molecule has 2 aromatic rings. The summed E-state index contributed by atoms with van der Waals surface area (Å²) in [6, 6.07) is 10.3. The zero-order valence-corrected chi connectivity index (χ0v) is 16.9. The molecule has 1 fully saturated rings. The minimum Gasteiger partial charge on any atom is -0.492 e. The molecule has 3 aliphatic rings. The van der Waals surface area contributed by atoms with Gasteiger partial charge in [0, 0.05) is 43.0 Å². The van der Waals surface area contributed by atoms with Gasteiger partial charge in [0.15, 0.2) is 0 Å². The van der Waals surface area contributed by atoms with Crippen molar-refractivity contribution in [1.29, 1.82) is 0 Å². The van der Waals surface area contributed by atoms with Crippen LogP contribution in [-0.4, -0.2) is 55.1 Å². The number of carbonyl (C=O) groups is 1.